The molecule has 1 saturated carbocycles. The van der Waals surface area contributed by atoms with Crippen LogP contribution in [0.1, 0.15) is 42.3 Å². The van der Waals surface area contributed by atoms with Crippen molar-refractivity contribution in [3.63, 3.8) is 0 Å². The van der Waals surface area contributed by atoms with Gasteiger partial charge >= 0.3 is 0 Å². The highest BCUT2D eigenvalue weighted by Gasteiger charge is 2.25. The molecule has 5 heteroatoms. The number of fused-ring (bicyclic) bond motifs is 3. The van der Waals surface area contributed by atoms with Gasteiger partial charge in [0.25, 0.3) is 5.78 Å². The maximum absolute atomic E-state index is 4.66. The zero-order valence-corrected chi connectivity index (χ0v) is 9.69. The van der Waals surface area contributed by atoms with E-state index < -0.39 is 0 Å². The van der Waals surface area contributed by atoms with Crippen LogP contribution in [0.2, 0.25) is 0 Å². The molecule has 88 valence electrons. The Morgan fingerprint density at radius 2 is 2.29 bits per heavy atom. The van der Waals surface area contributed by atoms with Crippen LogP contribution in [-0.4, -0.2) is 26.1 Å². The molecule has 2 aliphatic rings. The summed E-state index contributed by atoms with van der Waals surface area (Å²) in [5.74, 6) is 2.34. The molecule has 1 aliphatic carbocycles. The molecule has 0 bridgehead atoms. The van der Waals surface area contributed by atoms with Crippen LogP contribution < -0.4 is 5.32 Å². The number of nitrogens with one attached hydrogen (secondary N) is 1. The first-order valence-corrected chi connectivity index (χ1v) is 6.36. The van der Waals surface area contributed by atoms with Crippen LogP contribution in [0.3, 0.4) is 0 Å². The predicted molar refractivity (Wildman–Crippen MR) is 62.8 cm³/mol. The predicted octanol–water partition coefficient (Wildman–Crippen LogP) is 1.04. The monoisotopic (exact) mass is 229 g/mol. The highest BCUT2D eigenvalue weighted by atomic mass is 15.3. The molecule has 0 amide bonds. The van der Waals surface area contributed by atoms with E-state index in [1.54, 1.807) is 0 Å². The van der Waals surface area contributed by atoms with Crippen molar-refractivity contribution in [2.24, 2.45) is 0 Å². The molecule has 0 unspecified atom stereocenters. The third-order valence-corrected chi connectivity index (χ3v) is 3.89. The first-order chi connectivity index (χ1) is 8.42. The second-order valence-electron chi connectivity index (χ2n) is 4.97. The summed E-state index contributed by atoms with van der Waals surface area (Å²) in [6, 6.07) is 0. The molecule has 0 atom stereocenters. The van der Waals surface area contributed by atoms with Crippen molar-refractivity contribution in [2.45, 2.75) is 38.1 Å². The lowest BCUT2D eigenvalue weighted by Crippen LogP contribution is -2.26. The van der Waals surface area contributed by atoms with Gasteiger partial charge in [0.2, 0.25) is 0 Å². The first-order valence-electron chi connectivity index (χ1n) is 6.36. The Kier molecular flexibility index (Phi) is 1.96. The van der Waals surface area contributed by atoms with Crippen molar-refractivity contribution < 1.29 is 0 Å². The van der Waals surface area contributed by atoms with Gasteiger partial charge in [-0.05, 0) is 12.8 Å². The van der Waals surface area contributed by atoms with Gasteiger partial charge in [0.05, 0.1) is 5.69 Å². The summed E-state index contributed by atoms with van der Waals surface area (Å²) in [7, 11) is 0. The number of hydrogen-bond donors (Lipinski definition) is 1. The largest absolute Gasteiger partial charge is 0.312 e. The standard InChI is InChI=1S/C12H15N5/c1-2-8(3-1)11-15-12-14-7-9-6-13-5-4-10(9)17(12)16-11/h7-8,13H,1-6H2. The Labute approximate surface area is 99.3 Å². The molecular formula is C12H15N5. The van der Waals surface area contributed by atoms with E-state index in [1.807, 2.05) is 10.7 Å². The van der Waals surface area contributed by atoms with Crippen LogP contribution in [0, 0.1) is 0 Å². The lowest BCUT2D eigenvalue weighted by molar-refractivity contribution is 0.401. The molecule has 4 rings (SSSR count). The van der Waals surface area contributed by atoms with Crippen molar-refractivity contribution >= 4 is 5.78 Å². The second-order valence-corrected chi connectivity index (χ2v) is 4.97. The van der Waals surface area contributed by atoms with Gasteiger partial charge in [0.15, 0.2) is 5.82 Å². The normalized spacial score (nSPS) is 20.2. The minimum absolute atomic E-state index is 0.578. The Balaban J connectivity index is 1.87. The average Bonchev–Trinajstić information content (AvgIpc) is 2.70. The SMILES string of the molecule is c1nc2nc(C3CCC3)nn2c2c1CNCC2. The van der Waals surface area contributed by atoms with E-state index in [2.05, 4.69) is 20.4 Å². The Morgan fingerprint density at radius 3 is 3.12 bits per heavy atom. The molecule has 1 aliphatic heterocycles. The van der Waals surface area contributed by atoms with Crippen LogP contribution in [0.4, 0.5) is 0 Å². The summed E-state index contributed by atoms with van der Waals surface area (Å²) < 4.78 is 1.96. The van der Waals surface area contributed by atoms with Crippen LogP contribution in [0.25, 0.3) is 5.78 Å². The zero-order valence-electron chi connectivity index (χ0n) is 9.69. The molecule has 2 aromatic heterocycles. The highest BCUT2D eigenvalue weighted by molar-refractivity contribution is 5.34. The van der Waals surface area contributed by atoms with E-state index in [1.165, 1.54) is 30.5 Å². The fourth-order valence-corrected chi connectivity index (χ4v) is 2.61. The van der Waals surface area contributed by atoms with Crippen molar-refractivity contribution in [2.75, 3.05) is 6.54 Å². The van der Waals surface area contributed by atoms with Crippen molar-refractivity contribution in [1.82, 2.24) is 24.9 Å². The van der Waals surface area contributed by atoms with Crippen LogP contribution in [0.5, 0.6) is 0 Å². The zero-order chi connectivity index (χ0) is 11.2. The maximum atomic E-state index is 4.66. The second kappa shape index (κ2) is 3.50. The molecule has 2 aromatic rings. The number of rotatable bonds is 1. The topological polar surface area (TPSA) is 55.1 Å². The van der Waals surface area contributed by atoms with Crippen molar-refractivity contribution in [3.05, 3.63) is 23.3 Å². The molecular weight excluding hydrogens is 214 g/mol. The van der Waals surface area contributed by atoms with Crippen LogP contribution in [0.15, 0.2) is 6.20 Å². The molecule has 0 saturated heterocycles. The molecule has 1 fully saturated rings. The number of aromatic nitrogens is 4. The third kappa shape index (κ3) is 1.38. The van der Waals surface area contributed by atoms with Crippen LogP contribution >= 0.6 is 0 Å². The average molecular weight is 229 g/mol. The van der Waals surface area contributed by atoms with Crippen LogP contribution in [-0.2, 0) is 13.0 Å². The van der Waals surface area contributed by atoms with Gasteiger partial charge in [-0.2, -0.15) is 4.98 Å². The smallest absolute Gasteiger partial charge is 0.252 e. The van der Waals surface area contributed by atoms with Gasteiger partial charge in [-0.15, -0.1) is 5.10 Å². The minimum atomic E-state index is 0.578. The van der Waals surface area contributed by atoms with E-state index in [0.29, 0.717) is 5.92 Å². The van der Waals surface area contributed by atoms with Gasteiger partial charge in [0.1, 0.15) is 0 Å². The Morgan fingerprint density at radius 1 is 1.35 bits per heavy atom. The minimum Gasteiger partial charge on any atom is -0.312 e. The van der Waals surface area contributed by atoms with E-state index in [9.17, 15) is 0 Å². The first kappa shape index (κ1) is 9.53. The van der Waals surface area contributed by atoms with E-state index >= 15 is 0 Å². The summed E-state index contributed by atoms with van der Waals surface area (Å²) in [6.07, 6.45) is 6.74. The van der Waals surface area contributed by atoms with Gasteiger partial charge in [0, 0.05) is 37.2 Å². The molecule has 1 N–H and O–H groups in total. The van der Waals surface area contributed by atoms with Crippen molar-refractivity contribution in [3.8, 4) is 0 Å². The van der Waals surface area contributed by atoms with Gasteiger partial charge in [-0.3, -0.25) is 0 Å². The molecule has 0 spiro atoms. The lowest BCUT2D eigenvalue weighted by Gasteiger charge is -2.21. The molecule has 5 nitrogen and oxygen atoms in total. The van der Waals surface area contributed by atoms with Gasteiger partial charge < -0.3 is 5.32 Å². The van der Waals surface area contributed by atoms with Gasteiger partial charge in [-0.25, -0.2) is 9.50 Å². The highest BCUT2D eigenvalue weighted by Crippen LogP contribution is 2.34. The summed E-state index contributed by atoms with van der Waals surface area (Å²) >= 11 is 0. The van der Waals surface area contributed by atoms with Gasteiger partial charge in [-0.1, -0.05) is 6.42 Å². The molecule has 0 radical (unpaired) electrons. The molecule has 0 aromatic carbocycles. The Bertz CT molecular complexity index is 570. The molecule has 17 heavy (non-hydrogen) atoms. The fraction of sp³-hybridized carbons (Fsp3) is 0.583. The third-order valence-electron chi connectivity index (χ3n) is 3.89. The quantitative estimate of drug-likeness (QED) is 0.793. The molecule has 3 heterocycles. The fourth-order valence-electron chi connectivity index (χ4n) is 2.61. The summed E-state index contributed by atoms with van der Waals surface area (Å²) in [6.45, 7) is 1.92. The maximum Gasteiger partial charge on any atom is 0.252 e. The Hall–Kier alpha value is -1.49. The van der Waals surface area contributed by atoms with E-state index in [4.69, 9.17) is 0 Å². The number of hydrogen-bond acceptors (Lipinski definition) is 4. The van der Waals surface area contributed by atoms with E-state index in [-0.39, 0.29) is 0 Å². The number of nitrogens with zero attached hydrogens (tertiary/aromatic N) is 4. The lowest BCUT2D eigenvalue weighted by atomic mass is 9.85. The summed E-state index contributed by atoms with van der Waals surface area (Å²) in [5.41, 5.74) is 2.54. The summed E-state index contributed by atoms with van der Waals surface area (Å²) in [5, 5.41) is 8.02. The summed E-state index contributed by atoms with van der Waals surface area (Å²) in [4.78, 5) is 8.97. The van der Waals surface area contributed by atoms with E-state index in [0.717, 1.165) is 31.1 Å². The van der Waals surface area contributed by atoms with Crippen molar-refractivity contribution in [1.29, 1.82) is 0 Å².